The molecule has 0 aliphatic heterocycles. The van der Waals surface area contributed by atoms with Crippen LogP contribution in [-0.4, -0.2) is 22.6 Å². The Balaban J connectivity index is 0. The second-order valence-electron chi connectivity index (χ2n) is 2.36. The van der Waals surface area contributed by atoms with E-state index < -0.39 is 5.97 Å². The molecule has 0 aromatic carbocycles. The molecule has 0 fully saturated rings. The molecule has 0 saturated heterocycles. The van der Waals surface area contributed by atoms with E-state index >= 15 is 0 Å². The Kier molecular flexibility index (Phi) is 8.04. The van der Waals surface area contributed by atoms with Crippen LogP contribution >= 0.6 is 36.2 Å². The summed E-state index contributed by atoms with van der Waals surface area (Å²) in [5.74, 6) is -0.966. The second kappa shape index (κ2) is 7.00. The van der Waals surface area contributed by atoms with Crippen molar-refractivity contribution in [3.63, 3.8) is 0 Å². The quantitative estimate of drug-likeness (QED) is 0.862. The fourth-order valence-corrected chi connectivity index (χ4v) is 1.82. The van der Waals surface area contributed by atoms with Crippen molar-refractivity contribution in [2.24, 2.45) is 5.73 Å². The van der Waals surface area contributed by atoms with Crippen molar-refractivity contribution in [2.75, 3.05) is 6.54 Å². The number of hydrogen-bond acceptors (Lipinski definition) is 4. The normalized spacial score (nSPS) is 8.71. The molecule has 1 heterocycles. The molecule has 0 bridgehead atoms. The fraction of sp³-hybridized carbons (Fsp3) is 0.429. The Morgan fingerprint density at radius 2 is 2.14 bits per heavy atom. The maximum atomic E-state index is 10.6. The van der Waals surface area contributed by atoms with E-state index in [-0.39, 0.29) is 30.5 Å². The van der Waals surface area contributed by atoms with Gasteiger partial charge in [0.15, 0.2) is 5.69 Å². The van der Waals surface area contributed by atoms with E-state index in [0.717, 1.165) is 9.88 Å². The molecular formula is C7H12Cl2N2O2S. The number of aromatic carboxylic acids is 1. The number of carbonyl (C=O) groups is 1. The number of nitrogens with two attached hydrogens (primary N) is 1. The third kappa shape index (κ3) is 3.79. The van der Waals surface area contributed by atoms with Gasteiger partial charge in [-0.25, -0.2) is 9.78 Å². The highest BCUT2D eigenvalue weighted by Gasteiger charge is 2.12. The van der Waals surface area contributed by atoms with Crippen LogP contribution in [-0.2, 0) is 6.42 Å². The lowest BCUT2D eigenvalue weighted by Crippen LogP contribution is -2.03. The zero-order valence-corrected chi connectivity index (χ0v) is 9.97. The van der Waals surface area contributed by atoms with Crippen LogP contribution in [0, 0.1) is 6.92 Å². The molecule has 4 nitrogen and oxygen atoms in total. The molecule has 0 atom stereocenters. The van der Waals surface area contributed by atoms with E-state index in [4.69, 9.17) is 10.8 Å². The summed E-state index contributed by atoms with van der Waals surface area (Å²) in [5.41, 5.74) is 5.47. The lowest BCUT2D eigenvalue weighted by molar-refractivity contribution is 0.0690. The van der Waals surface area contributed by atoms with Crippen molar-refractivity contribution in [1.82, 2.24) is 4.98 Å². The number of carboxylic acids is 1. The van der Waals surface area contributed by atoms with Gasteiger partial charge < -0.3 is 10.8 Å². The topological polar surface area (TPSA) is 76.2 Å². The Bertz CT molecular complexity index is 304. The Labute approximate surface area is 98.4 Å². The number of carboxylic acid groups (broad SMARTS) is 1. The smallest absolute Gasteiger partial charge is 0.355 e. The fourth-order valence-electron chi connectivity index (χ4n) is 0.880. The standard InChI is InChI=1S/C7H10N2O2S.2ClH/c1-4-6(7(10)11)9-5(12-4)2-3-8;;/h2-3,8H2,1H3,(H,10,11);2*1H. The average molecular weight is 259 g/mol. The van der Waals surface area contributed by atoms with Gasteiger partial charge in [0.25, 0.3) is 0 Å². The summed E-state index contributed by atoms with van der Waals surface area (Å²) in [6.45, 7) is 2.26. The van der Waals surface area contributed by atoms with Gasteiger partial charge in [-0.2, -0.15) is 0 Å². The third-order valence-corrected chi connectivity index (χ3v) is 2.43. The molecule has 1 rings (SSSR count). The molecule has 14 heavy (non-hydrogen) atoms. The van der Waals surface area contributed by atoms with Crippen LogP contribution < -0.4 is 5.73 Å². The highest BCUT2D eigenvalue weighted by Crippen LogP contribution is 2.17. The number of rotatable bonds is 3. The van der Waals surface area contributed by atoms with Crippen molar-refractivity contribution in [2.45, 2.75) is 13.3 Å². The van der Waals surface area contributed by atoms with Crippen LogP contribution in [0.2, 0.25) is 0 Å². The minimum Gasteiger partial charge on any atom is -0.476 e. The van der Waals surface area contributed by atoms with Gasteiger partial charge in [-0.3, -0.25) is 0 Å². The summed E-state index contributed by atoms with van der Waals surface area (Å²) in [6.07, 6.45) is 0.652. The molecular weight excluding hydrogens is 247 g/mol. The first kappa shape index (κ1) is 16.1. The molecule has 0 saturated carbocycles. The number of aromatic nitrogens is 1. The van der Waals surface area contributed by atoms with Crippen LogP contribution in [0.15, 0.2) is 0 Å². The lowest BCUT2D eigenvalue weighted by Gasteiger charge is -1.87. The summed E-state index contributed by atoms with van der Waals surface area (Å²) in [4.78, 5) is 15.2. The minimum absolute atomic E-state index is 0. The monoisotopic (exact) mass is 258 g/mol. The van der Waals surface area contributed by atoms with Gasteiger partial charge >= 0.3 is 5.97 Å². The van der Waals surface area contributed by atoms with E-state index in [0.29, 0.717) is 13.0 Å². The van der Waals surface area contributed by atoms with Crippen molar-refractivity contribution < 1.29 is 9.90 Å². The second-order valence-corrected chi connectivity index (χ2v) is 3.64. The first-order valence-corrected chi connectivity index (χ1v) is 4.36. The number of hydrogen-bond donors (Lipinski definition) is 2. The molecule has 0 amide bonds. The van der Waals surface area contributed by atoms with Gasteiger partial charge in [-0.1, -0.05) is 0 Å². The van der Waals surface area contributed by atoms with E-state index in [2.05, 4.69) is 4.98 Å². The zero-order valence-electron chi connectivity index (χ0n) is 7.52. The molecule has 0 aliphatic carbocycles. The summed E-state index contributed by atoms with van der Waals surface area (Å²) >= 11 is 1.40. The van der Waals surface area contributed by atoms with Gasteiger partial charge in [-0.15, -0.1) is 36.2 Å². The van der Waals surface area contributed by atoms with Crippen LogP contribution in [0.1, 0.15) is 20.4 Å². The molecule has 0 radical (unpaired) electrons. The average Bonchev–Trinajstić information content (AvgIpc) is 2.32. The molecule has 0 spiro atoms. The van der Waals surface area contributed by atoms with Crippen molar-refractivity contribution in [1.29, 1.82) is 0 Å². The number of halogens is 2. The Morgan fingerprint density at radius 3 is 2.50 bits per heavy atom. The van der Waals surface area contributed by atoms with Crippen molar-refractivity contribution >= 4 is 42.1 Å². The molecule has 7 heteroatoms. The van der Waals surface area contributed by atoms with Gasteiger partial charge in [0.2, 0.25) is 0 Å². The predicted octanol–water partition coefficient (Wildman–Crippen LogP) is 1.49. The molecule has 1 aromatic heterocycles. The third-order valence-electron chi connectivity index (χ3n) is 1.40. The zero-order chi connectivity index (χ0) is 9.14. The molecule has 0 aliphatic rings. The summed E-state index contributed by atoms with van der Waals surface area (Å²) in [7, 11) is 0. The van der Waals surface area contributed by atoms with Crippen LogP contribution in [0.4, 0.5) is 0 Å². The molecule has 82 valence electrons. The summed E-state index contributed by atoms with van der Waals surface area (Å²) in [5, 5.41) is 9.46. The Hall–Kier alpha value is -0.360. The maximum absolute atomic E-state index is 10.6. The van der Waals surface area contributed by atoms with Gasteiger partial charge in [-0.05, 0) is 13.5 Å². The minimum atomic E-state index is -0.966. The van der Waals surface area contributed by atoms with Crippen LogP contribution in [0.3, 0.4) is 0 Å². The number of aryl methyl sites for hydroxylation is 1. The summed E-state index contributed by atoms with van der Waals surface area (Å²) < 4.78 is 0. The van der Waals surface area contributed by atoms with Gasteiger partial charge in [0.05, 0.1) is 5.01 Å². The first-order valence-electron chi connectivity index (χ1n) is 3.54. The highest BCUT2D eigenvalue weighted by atomic mass is 35.5. The van der Waals surface area contributed by atoms with Gasteiger partial charge in [0, 0.05) is 11.3 Å². The molecule has 3 N–H and O–H groups in total. The maximum Gasteiger partial charge on any atom is 0.355 e. The Morgan fingerprint density at radius 1 is 1.57 bits per heavy atom. The van der Waals surface area contributed by atoms with E-state index in [9.17, 15) is 4.79 Å². The van der Waals surface area contributed by atoms with Gasteiger partial charge in [0.1, 0.15) is 0 Å². The van der Waals surface area contributed by atoms with Crippen LogP contribution in [0.25, 0.3) is 0 Å². The van der Waals surface area contributed by atoms with Crippen molar-refractivity contribution in [3.8, 4) is 0 Å². The highest BCUT2D eigenvalue weighted by molar-refractivity contribution is 7.11. The van der Waals surface area contributed by atoms with E-state index in [1.807, 2.05) is 0 Å². The SMILES string of the molecule is Cc1sc(CCN)nc1C(=O)O.Cl.Cl. The van der Waals surface area contributed by atoms with Crippen LogP contribution in [0.5, 0.6) is 0 Å². The first-order chi connectivity index (χ1) is 5.65. The number of nitrogens with zero attached hydrogens (tertiary/aromatic N) is 1. The number of thiazole rings is 1. The largest absolute Gasteiger partial charge is 0.476 e. The summed E-state index contributed by atoms with van der Waals surface area (Å²) in [6, 6.07) is 0. The van der Waals surface area contributed by atoms with E-state index in [1.54, 1.807) is 6.92 Å². The van der Waals surface area contributed by atoms with E-state index in [1.165, 1.54) is 11.3 Å². The van der Waals surface area contributed by atoms with Crippen molar-refractivity contribution in [3.05, 3.63) is 15.6 Å². The lowest BCUT2D eigenvalue weighted by atomic mass is 10.4. The molecule has 0 unspecified atom stereocenters. The predicted molar refractivity (Wildman–Crippen MR) is 61.1 cm³/mol. The molecule has 1 aromatic rings.